The molecule has 0 N–H and O–H groups in total. The monoisotopic (exact) mass is 422 g/mol. The second-order valence-electron chi connectivity index (χ2n) is 8.06. The van der Waals surface area contributed by atoms with E-state index in [0.29, 0.717) is 16.9 Å². The van der Waals surface area contributed by atoms with Crippen LogP contribution in [-0.4, -0.2) is 47.6 Å². The fraction of sp³-hybridized carbons (Fsp3) is 0.435. The highest BCUT2D eigenvalue weighted by Gasteiger charge is 2.20. The highest BCUT2D eigenvalue weighted by molar-refractivity contribution is 5.75. The van der Waals surface area contributed by atoms with Crippen LogP contribution in [0.5, 0.6) is 0 Å². The average molecular weight is 423 g/mol. The maximum atomic E-state index is 13.4. The molecule has 31 heavy (non-hydrogen) atoms. The molecule has 0 fully saturated rings. The van der Waals surface area contributed by atoms with Gasteiger partial charge >= 0.3 is 5.69 Å². The van der Waals surface area contributed by atoms with Crippen LogP contribution in [0.3, 0.4) is 0 Å². The molecule has 4 aromatic rings. The fourth-order valence-corrected chi connectivity index (χ4v) is 4.21. The maximum absolute atomic E-state index is 13.4. The molecule has 164 valence electrons. The van der Waals surface area contributed by atoms with Gasteiger partial charge in [0.1, 0.15) is 0 Å². The van der Waals surface area contributed by atoms with Crippen molar-refractivity contribution in [2.24, 2.45) is 7.05 Å². The van der Waals surface area contributed by atoms with Crippen molar-refractivity contribution in [2.45, 2.75) is 40.8 Å². The molecule has 8 nitrogen and oxygen atoms in total. The lowest BCUT2D eigenvalue weighted by Crippen LogP contribution is -2.39. The van der Waals surface area contributed by atoms with Gasteiger partial charge in [-0.2, -0.15) is 4.98 Å². The summed E-state index contributed by atoms with van der Waals surface area (Å²) < 4.78 is 6.74. The summed E-state index contributed by atoms with van der Waals surface area (Å²) in [6.07, 6.45) is 1.94. The van der Waals surface area contributed by atoms with Crippen molar-refractivity contribution in [1.29, 1.82) is 0 Å². The van der Waals surface area contributed by atoms with Crippen LogP contribution >= 0.6 is 0 Å². The Morgan fingerprint density at radius 1 is 1.03 bits per heavy atom. The third-order valence-electron chi connectivity index (χ3n) is 6.26. The van der Waals surface area contributed by atoms with Gasteiger partial charge in [0.25, 0.3) is 5.56 Å². The molecular formula is C23H30N6O2. The zero-order chi connectivity index (χ0) is 22.3. The van der Waals surface area contributed by atoms with Crippen molar-refractivity contribution < 1.29 is 0 Å². The normalized spacial score (nSPS) is 11.9. The lowest BCUT2D eigenvalue weighted by Gasteiger charge is -2.18. The maximum Gasteiger partial charge on any atom is 0.332 e. The number of hydrogen-bond donors (Lipinski definition) is 0. The number of aromatic nitrogens is 5. The number of nitrogens with zero attached hydrogens (tertiary/aromatic N) is 6. The number of likely N-dealkylation sites (N-methyl/N-ethyl adjacent to an activating group) is 1. The predicted molar refractivity (Wildman–Crippen MR) is 123 cm³/mol. The molecule has 0 aliphatic carbocycles. The minimum atomic E-state index is -0.354. The Bertz CT molecular complexity index is 1370. The second kappa shape index (κ2) is 8.19. The molecule has 0 spiro atoms. The fourth-order valence-electron chi connectivity index (χ4n) is 4.21. The van der Waals surface area contributed by atoms with Crippen LogP contribution in [0.4, 0.5) is 0 Å². The van der Waals surface area contributed by atoms with E-state index >= 15 is 0 Å². The molecule has 3 heterocycles. The molecule has 0 aliphatic heterocycles. The molecule has 0 saturated carbocycles. The van der Waals surface area contributed by atoms with Gasteiger partial charge in [0.2, 0.25) is 5.78 Å². The van der Waals surface area contributed by atoms with Crippen molar-refractivity contribution in [3.63, 3.8) is 0 Å². The molecule has 8 heteroatoms. The van der Waals surface area contributed by atoms with E-state index in [1.807, 2.05) is 48.7 Å². The molecule has 0 saturated heterocycles. The summed E-state index contributed by atoms with van der Waals surface area (Å²) in [6, 6.07) is 7.81. The zero-order valence-electron chi connectivity index (χ0n) is 18.9. The van der Waals surface area contributed by atoms with Crippen molar-refractivity contribution in [3.8, 4) is 0 Å². The molecule has 0 atom stereocenters. The smallest absolute Gasteiger partial charge is 0.313 e. The van der Waals surface area contributed by atoms with Gasteiger partial charge in [-0.05, 0) is 38.1 Å². The van der Waals surface area contributed by atoms with E-state index in [-0.39, 0.29) is 17.8 Å². The number of fused-ring (bicyclic) bond motifs is 3. The van der Waals surface area contributed by atoms with E-state index in [4.69, 9.17) is 4.98 Å². The van der Waals surface area contributed by atoms with Crippen LogP contribution in [0.1, 0.15) is 30.7 Å². The lowest BCUT2D eigenvalue weighted by molar-refractivity contribution is 0.291. The first kappa shape index (κ1) is 21.1. The molecule has 4 rings (SSSR count). The van der Waals surface area contributed by atoms with Gasteiger partial charge in [0, 0.05) is 32.0 Å². The van der Waals surface area contributed by atoms with E-state index < -0.39 is 0 Å². The van der Waals surface area contributed by atoms with E-state index in [1.165, 1.54) is 9.13 Å². The van der Waals surface area contributed by atoms with E-state index in [2.05, 4.69) is 23.3 Å². The first-order valence-corrected chi connectivity index (χ1v) is 10.8. The zero-order valence-corrected chi connectivity index (χ0v) is 18.9. The minimum absolute atomic E-state index is 0.239. The van der Waals surface area contributed by atoms with Crippen LogP contribution in [0.2, 0.25) is 0 Å². The average Bonchev–Trinajstić information content (AvgIpc) is 3.27. The number of imidazole rings is 2. The van der Waals surface area contributed by atoms with Gasteiger partial charge in [-0.1, -0.05) is 38.1 Å². The number of benzene rings is 1. The minimum Gasteiger partial charge on any atom is -0.313 e. The van der Waals surface area contributed by atoms with Crippen molar-refractivity contribution in [1.82, 2.24) is 28.0 Å². The van der Waals surface area contributed by atoms with E-state index in [1.54, 1.807) is 7.05 Å². The predicted octanol–water partition coefficient (Wildman–Crippen LogP) is 2.16. The van der Waals surface area contributed by atoms with E-state index in [9.17, 15) is 9.59 Å². The Hall–Kier alpha value is -3.13. The molecule has 0 amide bonds. The lowest BCUT2D eigenvalue weighted by atomic mass is 10.1. The molecule has 0 aliphatic rings. The molecule has 0 bridgehead atoms. The van der Waals surface area contributed by atoms with Crippen molar-refractivity contribution >= 4 is 16.9 Å². The summed E-state index contributed by atoms with van der Waals surface area (Å²) in [5.74, 6) is 0.695. The molecule has 0 unspecified atom stereocenters. The second-order valence-corrected chi connectivity index (χ2v) is 8.06. The largest absolute Gasteiger partial charge is 0.332 e. The summed E-state index contributed by atoms with van der Waals surface area (Å²) in [7, 11) is 1.68. The van der Waals surface area contributed by atoms with Gasteiger partial charge in [-0.3, -0.25) is 18.3 Å². The first-order chi connectivity index (χ1) is 14.9. The van der Waals surface area contributed by atoms with Gasteiger partial charge in [0.15, 0.2) is 11.2 Å². The Morgan fingerprint density at radius 2 is 1.74 bits per heavy atom. The van der Waals surface area contributed by atoms with Crippen LogP contribution < -0.4 is 11.2 Å². The van der Waals surface area contributed by atoms with Gasteiger partial charge in [0.05, 0.1) is 6.54 Å². The van der Waals surface area contributed by atoms with Crippen LogP contribution in [0.25, 0.3) is 16.9 Å². The highest BCUT2D eigenvalue weighted by Crippen LogP contribution is 2.17. The summed E-state index contributed by atoms with van der Waals surface area (Å²) >= 11 is 0. The van der Waals surface area contributed by atoms with Gasteiger partial charge in [-0.25, -0.2) is 4.79 Å². The van der Waals surface area contributed by atoms with Crippen molar-refractivity contribution in [2.75, 3.05) is 19.6 Å². The Labute approximate surface area is 181 Å². The molecule has 1 aromatic carbocycles. The Kier molecular flexibility index (Phi) is 5.58. The molecule has 0 radical (unpaired) electrons. The number of aryl methyl sites for hydroxylation is 3. The van der Waals surface area contributed by atoms with Crippen LogP contribution in [0.15, 0.2) is 40.1 Å². The standard InChI is InChI=1S/C23H30N6O2/c1-6-26(7-2)12-13-27-17(4)14-28-19-20(24-22(27)28)25(5)23(31)29(21(19)30)15-18-11-9-8-10-16(18)3/h8-11,14H,6-7,12-13,15H2,1-5H3. The van der Waals surface area contributed by atoms with Crippen LogP contribution in [-0.2, 0) is 20.1 Å². The summed E-state index contributed by atoms with van der Waals surface area (Å²) in [6.45, 7) is 12.2. The first-order valence-electron chi connectivity index (χ1n) is 10.8. The van der Waals surface area contributed by atoms with Gasteiger partial charge < -0.3 is 9.47 Å². The summed E-state index contributed by atoms with van der Waals surface area (Å²) in [4.78, 5) is 33.5. The number of rotatable bonds is 7. The summed E-state index contributed by atoms with van der Waals surface area (Å²) in [5.41, 5.74) is 3.24. The third kappa shape index (κ3) is 3.50. The topological polar surface area (TPSA) is 69.5 Å². The summed E-state index contributed by atoms with van der Waals surface area (Å²) in [5, 5.41) is 0. The van der Waals surface area contributed by atoms with Crippen molar-refractivity contribution in [3.05, 3.63) is 68.1 Å². The Morgan fingerprint density at radius 3 is 2.42 bits per heavy atom. The molecular weight excluding hydrogens is 392 g/mol. The highest BCUT2D eigenvalue weighted by atomic mass is 16.2. The van der Waals surface area contributed by atoms with Crippen LogP contribution in [0, 0.1) is 13.8 Å². The Balaban J connectivity index is 1.88. The molecule has 3 aromatic heterocycles. The SMILES string of the molecule is CCN(CC)CCn1c(C)cn2c3c(=O)n(Cc4ccccc4C)c(=O)n(C)c3nc12. The quantitative estimate of drug-likeness (QED) is 0.458. The number of hydrogen-bond acceptors (Lipinski definition) is 4. The van der Waals surface area contributed by atoms with E-state index in [0.717, 1.165) is 43.0 Å². The third-order valence-corrected chi connectivity index (χ3v) is 6.26. The van der Waals surface area contributed by atoms with Gasteiger partial charge in [-0.15, -0.1) is 0 Å².